The molecule has 2 atom stereocenters. The minimum absolute atomic E-state index is 0.0316. The fourth-order valence-corrected chi connectivity index (χ4v) is 2.31. The Labute approximate surface area is 107 Å². The molecule has 5 heteroatoms. The minimum atomic E-state index is 0.0316. The number of carbonyl (C=O) groups is 1. The van der Waals surface area contributed by atoms with E-state index in [1.54, 1.807) is 18.5 Å². The summed E-state index contributed by atoms with van der Waals surface area (Å²) in [5.41, 5.74) is 3.70. The average molecular weight is 248 g/mol. The lowest BCUT2D eigenvalue weighted by Crippen LogP contribution is -2.42. The van der Waals surface area contributed by atoms with Crippen LogP contribution in [0.1, 0.15) is 30.6 Å². The van der Waals surface area contributed by atoms with Gasteiger partial charge in [-0.15, -0.1) is 0 Å². The molecule has 1 aromatic heterocycles. The Morgan fingerprint density at radius 3 is 2.94 bits per heavy atom. The standard InChI is InChI=1S/C13H20N4O/c1-9-4-6-17(8-10(9)2)13(18)11-3-5-15-7-12(11)16-14/h3,5,7,9-10,16H,4,6,8,14H2,1-2H3. The Bertz CT molecular complexity index is 435. The van der Waals surface area contributed by atoms with E-state index in [9.17, 15) is 4.79 Å². The molecule has 1 amide bonds. The number of aromatic nitrogens is 1. The molecule has 2 unspecified atom stereocenters. The summed E-state index contributed by atoms with van der Waals surface area (Å²) < 4.78 is 0. The van der Waals surface area contributed by atoms with Crippen LogP contribution in [-0.2, 0) is 0 Å². The van der Waals surface area contributed by atoms with Crippen molar-refractivity contribution in [3.63, 3.8) is 0 Å². The average Bonchev–Trinajstić information content (AvgIpc) is 2.41. The van der Waals surface area contributed by atoms with Gasteiger partial charge in [-0.2, -0.15) is 0 Å². The van der Waals surface area contributed by atoms with Crippen molar-refractivity contribution in [1.82, 2.24) is 9.88 Å². The summed E-state index contributed by atoms with van der Waals surface area (Å²) in [6, 6.07) is 1.71. The van der Waals surface area contributed by atoms with E-state index in [1.165, 1.54) is 0 Å². The number of piperidine rings is 1. The molecule has 0 radical (unpaired) electrons. The quantitative estimate of drug-likeness (QED) is 0.614. The molecule has 0 aliphatic carbocycles. The lowest BCUT2D eigenvalue weighted by molar-refractivity contribution is 0.0628. The summed E-state index contributed by atoms with van der Waals surface area (Å²) >= 11 is 0. The maximum absolute atomic E-state index is 12.4. The lowest BCUT2D eigenvalue weighted by atomic mass is 9.88. The highest BCUT2D eigenvalue weighted by Gasteiger charge is 2.27. The van der Waals surface area contributed by atoms with Crippen LogP contribution >= 0.6 is 0 Å². The van der Waals surface area contributed by atoms with Crippen LogP contribution in [0.4, 0.5) is 5.69 Å². The third-order valence-electron chi connectivity index (χ3n) is 3.83. The molecule has 1 aliphatic rings. The fourth-order valence-electron chi connectivity index (χ4n) is 2.31. The van der Waals surface area contributed by atoms with Gasteiger partial charge in [0, 0.05) is 19.3 Å². The summed E-state index contributed by atoms with van der Waals surface area (Å²) in [5, 5.41) is 0. The predicted octanol–water partition coefficient (Wildman–Crippen LogP) is 1.49. The second kappa shape index (κ2) is 5.35. The van der Waals surface area contributed by atoms with Crippen molar-refractivity contribution in [1.29, 1.82) is 0 Å². The number of nitrogens with zero attached hydrogens (tertiary/aromatic N) is 2. The molecule has 0 bridgehead atoms. The first-order valence-electron chi connectivity index (χ1n) is 6.33. The molecule has 1 aromatic rings. The molecule has 0 aromatic carbocycles. The second-order valence-electron chi connectivity index (χ2n) is 5.06. The van der Waals surface area contributed by atoms with Crippen molar-refractivity contribution in [2.24, 2.45) is 17.7 Å². The number of pyridine rings is 1. The number of nitrogens with one attached hydrogen (secondary N) is 1. The number of hydrogen-bond acceptors (Lipinski definition) is 4. The number of hydrazine groups is 1. The van der Waals surface area contributed by atoms with E-state index < -0.39 is 0 Å². The van der Waals surface area contributed by atoms with Gasteiger partial charge in [0.05, 0.1) is 17.4 Å². The zero-order valence-electron chi connectivity index (χ0n) is 10.9. The normalized spacial score (nSPS) is 23.8. The highest BCUT2D eigenvalue weighted by molar-refractivity contribution is 5.99. The molecule has 0 spiro atoms. The third-order valence-corrected chi connectivity index (χ3v) is 3.83. The van der Waals surface area contributed by atoms with Crippen molar-refractivity contribution in [2.45, 2.75) is 20.3 Å². The summed E-state index contributed by atoms with van der Waals surface area (Å²) in [4.78, 5) is 18.3. The molecule has 3 N–H and O–H groups in total. The Balaban J connectivity index is 2.16. The van der Waals surface area contributed by atoms with Crippen molar-refractivity contribution in [3.05, 3.63) is 24.0 Å². The van der Waals surface area contributed by atoms with Gasteiger partial charge in [0.15, 0.2) is 0 Å². The molecule has 1 fully saturated rings. The highest BCUT2D eigenvalue weighted by Crippen LogP contribution is 2.25. The molecular formula is C13H20N4O. The summed E-state index contributed by atoms with van der Waals surface area (Å²) in [6.07, 6.45) is 4.25. The molecular weight excluding hydrogens is 228 g/mol. The monoisotopic (exact) mass is 248 g/mol. The van der Waals surface area contributed by atoms with Crippen molar-refractivity contribution in [2.75, 3.05) is 18.5 Å². The lowest BCUT2D eigenvalue weighted by Gasteiger charge is -2.35. The number of amides is 1. The fraction of sp³-hybridized carbons (Fsp3) is 0.538. The van der Waals surface area contributed by atoms with Gasteiger partial charge in [-0.1, -0.05) is 13.8 Å². The first kappa shape index (κ1) is 12.8. The molecule has 2 rings (SSSR count). The third kappa shape index (κ3) is 2.46. The van der Waals surface area contributed by atoms with Crippen LogP contribution in [0.2, 0.25) is 0 Å². The highest BCUT2D eigenvalue weighted by atomic mass is 16.2. The Kier molecular flexibility index (Phi) is 3.81. The van der Waals surface area contributed by atoms with E-state index in [4.69, 9.17) is 5.84 Å². The maximum atomic E-state index is 12.4. The summed E-state index contributed by atoms with van der Waals surface area (Å²) in [5.74, 6) is 6.66. The van der Waals surface area contributed by atoms with Crippen molar-refractivity contribution >= 4 is 11.6 Å². The van der Waals surface area contributed by atoms with Gasteiger partial charge in [-0.05, 0) is 24.3 Å². The molecule has 0 saturated carbocycles. The van der Waals surface area contributed by atoms with E-state index in [0.29, 0.717) is 23.1 Å². The van der Waals surface area contributed by atoms with Crippen LogP contribution in [0.25, 0.3) is 0 Å². The van der Waals surface area contributed by atoms with Crippen LogP contribution in [0.3, 0.4) is 0 Å². The Morgan fingerprint density at radius 1 is 1.50 bits per heavy atom. The maximum Gasteiger partial charge on any atom is 0.256 e. The van der Waals surface area contributed by atoms with Gasteiger partial charge in [0.2, 0.25) is 0 Å². The van der Waals surface area contributed by atoms with Crippen LogP contribution in [0.15, 0.2) is 18.5 Å². The van der Waals surface area contributed by atoms with Gasteiger partial charge in [-0.3, -0.25) is 15.6 Å². The molecule has 1 aliphatic heterocycles. The number of anilines is 1. The van der Waals surface area contributed by atoms with E-state index in [1.807, 2.05) is 4.90 Å². The van der Waals surface area contributed by atoms with Gasteiger partial charge in [-0.25, -0.2) is 0 Å². The second-order valence-corrected chi connectivity index (χ2v) is 5.06. The predicted molar refractivity (Wildman–Crippen MR) is 70.9 cm³/mol. The smallest absolute Gasteiger partial charge is 0.256 e. The number of hydrogen-bond donors (Lipinski definition) is 2. The van der Waals surface area contributed by atoms with E-state index >= 15 is 0 Å². The van der Waals surface area contributed by atoms with E-state index in [0.717, 1.165) is 19.5 Å². The zero-order valence-corrected chi connectivity index (χ0v) is 10.9. The minimum Gasteiger partial charge on any atom is -0.338 e. The summed E-state index contributed by atoms with van der Waals surface area (Å²) in [7, 11) is 0. The Hall–Kier alpha value is -1.62. The van der Waals surface area contributed by atoms with Gasteiger partial charge >= 0.3 is 0 Å². The van der Waals surface area contributed by atoms with Crippen molar-refractivity contribution in [3.8, 4) is 0 Å². The number of carbonyl (C=O) groups excluding carboxylic acids is 1. The number of likely N-dealkylation sites (tertiary alicyclic amines) is 1. The first-order chi connectivity index (χ1) is 8.63. The SMILES string of the molecule is CC1CCN(C(=O)c2ccncc2NN)CC1C. The molecule has 1 saturated heterocycles. The van der Waals surface area contributed by atoms with Crippen LogP contribution in [-0.4, -0.2) is 28.9 Å². The number of nitrogen functional groups attached to an aromatic ring is 1. The Morgan fingerprint density at radius 2 is 2.28 bits per heavy atom. The van der Waals surface area contributed by atoms with Crippen LogP contribution in [0.5, 0.6) is 0 Å². The van der Waals surface area contributed by atoms with E-state index in [-0.39, 0.29) is 5.91 Å². The molecule has 2 heterocycles. The number of nitrogens with two attached hydrogens (primary N) is 1. The van der Waals surface area contributed by atoms with Crippen LogP contribution < -0.4 is 11.3 Å². The first-order valence-corrected chi connectivity index (χ1v) is 6.33. The summed E-state index contributed by atoms with van der Waals surface area (Å²) in [6.45, 7) is 6.06. The molecule has 98 valence electrons. The largest absolute Gasteiger partial charge is 0.338 e. The van der Waals surface area contributed by atoms with Gasteiger partial charge < -0.3 is 10.3 Å². The van der Waals surface area contributed by atoms with E-state index in [2.05, 4.69) is 24.3 Å². The van der Waals surface area contributed by atoms with Gasteiger partial charge in [0.25, 0.3) is 5.91 Å². The number of rotatable bonds is 2. The topological polar surface area (TPSA) is 71.2 Å². The van der Waals surface area contributed by atoms with Crippen LogP contribution in [0, 0.1) is 11.8 Å². The van der Waals surface area contributed by atoms with Crippen molar-refractivity contribution < 1.29 is 4.79 Å². The van der Waals surface area contributed by atoms with Gasteiger partial charge in [0.1, 0.15) is 0 Å². The molecule has 5 nitrogen and oxygen atoms in total. The molecule has 18 heavy (non-hydrogen) atoms. The zero-order chi connectivity index (χ0) is 13.1.